The summed E-state index contributed by atoms with van der Waals surface area (Å²) >= 11 is 0. The quantitative estimate of drug-likeness (QED) is 0.260. The van der Waals surface area contributed by atoms with Crippen molar-refractivity contribution in [1.82, 2.24) is 0 Å². The standard InChI is InChI=1S/C18H17N3O5S/c1-9(22)14-10-5-4-7-12(23)15(10)16(19)17(20)18(14)21-11-6-2-3-8-13(11)27(24,25)26/h2-8,21,23H,19-20H2,1H3,(H,24,25,26). The summed E-state index contributed by atoms with van der Waals surface area (Å²) in [6, 6.07) is 10.2. The number of para-hydroxylation sites is 1. The van der Waals surface area contributed by atoms with Gasteiger partial charge >= 0.3 is 0 Å². The molecule has 0 bridgehead atoms. The molecular weight excluding hydrogens is 370 g/mol. The lowest BCUT2D eigenvalue weighted by Gasteiger charge is -2.19. The van der Waals surface area contributed by atoms with Crippen LogP contribution in [0.25, 0.3) is 10.8 Å². The molecule has 0 aliphatic carbocycles. The van der Waals surface area contributed by atoms with Crippen molar-refractivity contribution >= 4 is 49.4 Å². The van der Waals surface area contributed by atoms with Crippen molar-refractivity contribution < 1.29 is 22.9 Å². The molecule has 0 aliphatic heterocycles. The summed E-state index contributed by atoms with van der Waals surface area (Å²) in [4.78, 5) is 12.0. The van der Waals surface area contributed by atoms with Gasteiger partial charge in [-0.25, -0.2) is 0 Å². The molecule has 140 valence electrons. The summed E-state index contributed by atoms with van der Waals surface area (Å²) < 4.78 is 32.7. The average Bonchev–Trinajstić information content (AvgIpc) is 2.58. The number of phenols is 1. The molecule has 0 aromatic heterocycles. The van der Waals surface area contributed by atoms with Gasteiger partial charge in [0.15, 0.2) is 5.78 Å². The van der Waals surface area contributed by atoms with Gasteiger partial charge in [-0.2, -0.15) is 8.42 Å². The first-order valence-corrected chi connectivity index (χ1v) is 9.24. The van der Waals surface area contributed by atoms with Crippen molar-refractivity contribution in [3.8, 4) is 5.75 Å². The number of anilines is 4. The maximum absolute atomic E-state index is 12.3. The van der Waals surface area contributed by atoms with Gasteiger partial charge in [-0.05, 0) is 25.1 Å². The first kappa shape index (κ1) is 18.5. The van der Waals surface area contributed by atoms with Crippen molar-refractivity contribution in [2.75, 3.05) is 16.8 Å². The van der Waals surface area contributed by atoms with Crippen molar-refractivity contribution in [3.05, 3.63) is 48.0 Å². The normalized spacial score (nSPS) is 11.5. The fraction of sp³-hybridized carbons (Fsp3) is 0.0556. The molecule has 0 saturated carbocycles. The van der Waals surface area contributed by atoms with Gasteiger partial charge in [0.05, 0.1) is 28.3 Å². The molecule has 0 heterocycles. The molecule has 3 aromatic rings. The van der Waals surface area contributed by atoms with Crippen LogP contribution < -0.4 is 16.8 Å². The molecule has 3 aromatic carbocycles. The van der Waals surface area contributed by atoms with Crippen LogP contribution in [0.4, 0.5) is 22.7 Å². The van der Waals surface area contributed by atoms with Gasteiger partial charge in [0, 0.05) is 10.8 Å². The highest BCUT2D eigenvalue weighted by Crippen LogP contribution is 2.43. The van der Waals surface area contributed by atoms with E-state index < -0.39 is 10.1 Å². The smallest absolute Gasteiger partial charge is 0.296 e. The van der Waals surface area contributed by atoms with Crippen LogP contribution in [0, 0.1) is 0 Å². The Morgan fingerprint density at radius 1 is 1.04 bits per heavy atom. The van der Waals surface area contributed by atoms with Gasteiger partial charge in [0.2, 0.25) is 0 Å². The van der Waals surface area contributed by atoms with Crippen molar-refractivity contribution in [1.29, 1.82) is 0 Å². The summed E-state index contributed by atoms with van der Waals surface area (Å²) in [7, 11) is -4.52. The number of carbonyl (C=O) groups excluding carboxylic acids is 1. The molecule has 7 N–H and O–H groups in total. The SMILES string of the molecule is CC(=O)c1c(Nc2ccccc2S(=O)(=O)O)c(N)c(N)c2c(O)cccc12. The van der Waals surface area contributed by atoms with E-state index in [0.29, 0.717) is 5.39 Å². The third kappa shape index (κ3) is 3.14. The Morgan fingerprint density at radius 3 is 2.33 bits per heavy atom. The van der Waals surface area contributed by atoms with Crippen LogP contribution in [0.2, 0.25) is 0 Å². The zero-order chi connectivity index (χ0) is 19.9. The number of hydrogen-bond donors (Lipinski definition) is 5. The largest absolute Gasteiger partial charge is 0.507 e. The Morgan fingerprint density at radius 2 is 1.70 bits per heavy atom. The first-order valence-electron chi connectivity index (χ1n) is 7.80. The first-order chi connectivity index (χ1) is 12.6. The molecule has 0 unspecified atom stereocenters. The molecule has 8 nitrogen and oxygen atoms in total. The summed E-state index contributed by atoms with van der Waals surface area (Å²) in [5.41, 5.74) is 12.4. The fourth-order valence-corrected chi connectivity index (χ4v) is 3.64. The lowest BCUT2D eigenvalue weighted by atomic mass is 9.96. The number of benzene rings is 3. The number of nitrogens with two attached hydrogens (primary N) is 2. The maximum Gasteiger partial charge on any atom is 0.296 e. The van der Waals surface area contributed by atoms with E-state index in [4.69, 9.17) is 11.5 Å². The molecular formula is C18H17N3O5S. The molecule has 0 spiro atoms. The second kappa shape index (κ2) is 6.45. The van der Waals surface area contributed by atoms with E-state index in [1.54, 1.807) is 18.2 Å². The summed E-state index contributed by atoms with van der Waals surface area (Å²) in [5, 5.41) is 13.5. The van der Waals surface area contributed by atoms with Gasteiger partial charge in [-0.3, -0.25) is 9.35 Å². The minimum absolute atomic E-state index is 0.0214. The van der Waals surface area contributed by atoms with Crippen LogP contribution in [0.15, 0.2) is 47.4 Å². The fourth-order valence-electron chi connectivity index (χ4n) is 3.00. The third-order valence-electron chi connectivity index (χ3n) is 4.17. The number of phenolic OH excluding ortho intramolecular Hbond substituents is 1. The molecule has 0 aliphatic rings. The highest BCUT2D eigenvalue weighted by molar-refractivity contribution is 7.86. The van der Waals surface area contributed by atoms with Crippen molar-refractivity contribution in [3.63, 3.8) is 0 Å². The van der Waals surface area contributed by atoms with Gasteiger partial charge in [-0.15, -0.1) is 0 Å². The zero-order valence-corrected chi connectivity index (χ0v) is 15.0. The second-order valence-corrected chi connectivity index (χ2v) is 7.32. The number of Topliss-reactive ketones (excluding diaryl/α,β-unsaturated/α-hetero) is 1. The topological polar surface area (TPSA) is 156 Å². The monoisotopic (exact) mass is 387 g/mol. The van der Waals surface area contributed by atoms with Crippen LogP contribution >= 0.6 is 0 Å². The number of fused-ring (bicyclic) bond motifs is 1. The van der Waals surface area contributed by atoms with Gasteiger partial charge in [0.1, 0.15) is 10.6 Å². The minimum atomic E-state index is -4.52. The molecule has 3 rings (SSSR count). The minimum Gasteiger partial charge on any atom is -0.507 e. The molecule has 0 atom stereocenters. The second-order valence-electron chi connectivity index (χ2n) is 5.93. The summed E-state index contributed by atoms with van der Waals surface area (Å²) in [6.07, 6.45) is 0. The van der Waals surface area contributed by atoms with Gasteiger partial charge in [-0.1, -0.05) is 24.3 Å². The predicted octanol–water partition coefficient (Wildman–Crippen LogP) is 2.90. The Bertz CT molecular complexity index is 1190. The molecule has 27 heavy (non-hydrogen) atoms. The average molecular weight is 387 g/mol. The van der Waals surface area contributed by atoms with Crippen LogP contribution in [-0.2, 0) is 10.1 Å². The van der Waals surface area contributed by atoms with Gasteiger partial charge in [0.25, 0.3) is 10.1 Å². The number of nitrogens with one attached hydrogen (secondary N) is 1. The number of rotatable bonds is 4. The molecule has 0 fully saturated rings. The Kier molecular flexibility index (Phi) is 4.42. The predicted molar refractivity (Wildman–Crippen MR) is 104 cm³/mol. The van der Waals surface area contributed by atoms with Crippen LogP contribution in [0.3, 0.4) is 0 Å². The van der Waals surface area contributed by atoms with E-state index in [0.717, 1.165) is 0 Å². The lowest BCUT2D eigenvalue weighted by molar-refractivity contribution is 0.102. The van der Waals surface area contributed by atoms with E-state index in [1.807, 2.05) is 0 Å². The Labute approximate surface area is 155 Å². The van der Waals surface area contributed by atoms with Crippen molar-refractivity contribution in [2.24, 2.45) is 0 Å². The maximum atomic E-state index is 12.3. The number of ketones is 1. The number of carbonyl (C=O) groups is 1. The van der Waals surface area contributed by atoms with Crippen LogP contribution in [-0.4, -0.2) is 23.9 Å². The number of aromatic hydroxyl groups is 1. The Hall–Kier alpha value is -3.30. The van der Waals surface area contributed by atoms with Gasteiger partial charge < -0.3 is 21.9 Å². The van der Waals surface area contributed by atoms with E-state index in [9.17, 15) is 22.9 Å². The Balaban J connectivity index is 2.36. The molecule has 0 amide bonds. The number of hydrogen-bond acceptors (Lipinski definition) is 7. The zero-order valence-electron chi connectivity index (χ0n) is 14.2. The third-order valence-corrected chi connectivity index (χ3v) is 5.08. The van der Waals surface area contributed by atoms with E-state index in [2.05, 4.69) is 5.32 Å². The van der Waals surface area contributed by atoms with E-state index in [-0.39, 0.29) is 50.1 Å². The summed E-state index contributed by atoms with van der Waals surface area (Å²) in [6.45, 7) is 1.31. The van der Waals surface area contributed by atoms with Crippen LogP contribution in [0.1, 0.15) is 17.3 Å². The highest BCUT2D eigenvalue weighted by Gasteiger charge is 2.23. The van der Waals surface area contributed by atoms with Crippen molar-refractivity contribution in [2.45, 2.75) is 11.8 Å². The van der Waals surface area contributed by atoms with E-state index in [1.165, 1.54) is 31.2 Å². The molecule has 0 radical (unpaired) electrons. The van der Waals surface area contributed by atoms with E-state index >= 15 is 0 Å². The highest BCUT2D eigenvalue weighted by atomic mass is 32.2. The van der Waals surface area contributed by atoms with Crippen LogP contribution in [0.5, 0.6) is 5.75 Å². The lowest BCUT2D eigenvalue weighted by Crippen LogP contribution is -2.10. The molecule has 0 saturated heterocycles. The summed E-state index contributed by atoms with van der Waals surface area (Å²) in [5.74, 6) is -0.506. The molecule has 9 heteroatoms. The number of nitrogen functional groups attached to an aromatic ring is 2.